The standard InChI is InChI=1S/C12H19BrN2O2S2/c1-9-3-5-15(6-4-9)19(16,17)11-7-10(8-14-2)18-12(11)13/h7,9,14H,3-6,8H2,1-2H3. The van der Waals surface area contributed by atoms with Gasteiger partial charge in [-0.25, -0.2) is 8.42 Å². The second-order valence-corrected chi connectivity index (χ2v) is 9.33. The van der Waals surface area contributed by atoms with Crippen molar-refractivity contribution in [2.75, 3.05) is 20.1 Å². The molecule has 19 heavy (non-hydrogen) atoms. The largest absolute Gasteiger partial charge is 0.315 e. The molecule has 1 aromatic heterocycles. The van der Waals surface area contributed by atoms with Gasteiger partial charge in [-0.1, -0.05) is 6.92 Å². The summed E-state index contributed by atoms with van der Waals surface area (Å²) in [4.78, 5) is 1.44. The Bertz CT molecular complexity index is 534. The average Bonchev–Trinajstić information content (AvgIpc) is 2.72. The number of thiophene rings is 1. The highest BCUT2D eigenvalue weighted by Crippen LogP contribution is 2.34. The van der Waals surface area contributed by atoms with Crippen LogP contribution in [-0.2, 0) is 16.6 Å². The van der Waals surface area contributed by atoms with Crippen molar-refractivity contribution in [3.63, 3.8) is 0 Å². The van der Waals surface area contributed by atoms with Gasteiger partial charge in [-0.05, 0) is 47.8 Å². The lowest BCUT2D eigenvalue weighted by Crippen LogP contribution is -2.37. The van der Waals surface area contributed by atoms with E-state index in [4.69, 9.17) is 0 Å². The van der Waals surface area contributed by atoms with Gasteiger partial charge in [0.25, 0.3) is 0 Å². The van der Waals surface area contributed by atoms with E-state index in [1.807, 2.05) is 7.05 Å². The van der Waals surface area contributed by atoms with E-state index < -0.39 is 10.0 Å². The lowest BCUT2D eigenvalue weighted by Gasteiger charge is -2.29. The number of rotatable bonds is 4. The summed E-state index contributed by atoms with van der Waals surface area (Å²) >= 11 is 4.87. The summed E-state index contributed by atoms with van der Waals surface area (Å²) in [5.41, 5.74) is 0. The Morgan fingerprint density at radius 1 is 1.47 bits per heavy atom. The third kappa shape index (κ3) is 3.39. The molecule has 0 radical (unpaired) electrons. The molecule has 0 atom stereocenters. The topological polar surface area (TPSA) is 49.4 Å². The summed E-state index contributed by atoms with van der Waals surface area (Å²) in [6, 6.07) is 1.78. The predicted molar refractivity (Wildman–Crippen MR) is 81.9 cm³/mol. The van der Waals surface area contributed by atoms with E-state index >= 15 is 0 Å². The van der Waals surface area contributed by atoms with Gasteiger partial charge in [-0.3, -0.25) is 0 Å². The van der Waals surface area contributed by atoms with Crippen LogP contribution in [0.3, 0.4) is 0 Å². The number of halogens is 1. The molecule has 2 rings (SSSR count). The molecular weight excluding hydrogens is 348 g/mol. The Labute approximate surface area is 127 Å². The maximum absolute atomic E-state index is 12.6. The van der Waals surface area contributed by atoms with E-state index in [9.17, 15) is 8.42 Å². The first-order valence-electron chi connectivity index (χ1n) is 6.38. The molecule has 0 saturated carbocycles. The molecule has 0 bridgehead atoms. The molecule has 0 unspecified atom stereocenters. The predicted octanol–water partition coefficient (Wildman–Crippen LogP) is 2.65. The van der Waals surface area contributed by atoms with Crippen LogP contribution in [0.15, 0.2) is 14.7 Å². The summed E-state index contributed by atoms with van der Waals surface area (Å²) in [7, 11) is -1.49. The van der Waals surface area contributed by atoms with E-state index in [1.54, 1.807) is 10.4 Å². The van der Waals surface area contributed by atoms with Crippen LogP contribution in [0.5, 0.6) is 0 Å². The van der Waals surface area contributed by atoms with Crippen molar-refractivity contribution in [2.24, 2.45) is 5.92 Å². The van der Waals surface area contributed by atoms with Crippen molar-refractivity contribution in [2.45, 2.75) is 31.2 Å². The first-order valence-corrected chi connectivity index (χ1v) is 9.43. The summed E-state index contributed by atoms with van der Waals surface area (Å²) < 4.78 is 27.5. The number of sulfonamides is 1. The second-order valence-electron chi connectivity index (χ2n) is 4.97. The van der Waals surface area contributed by atoms with Gasteiger partial charge < -0.3 is 5.32 Å². The van der Waals surface area contributed by atoms with Crippen LogP contribution < -0.4 is 5.32 Å². The molecule has 0 spiro atoms. The van der Waals surface area contributed by atoms with Crippen LogP contribution in [0.4, 0.5) is 0 Å². The Hall–Kier alpha value is 0.0500. The number of nitrogens with zero attached hydrogens (tertiary/aromatic N) is 1. The Morgan fingerprint density at radius 2 is 2.11 bits per heavy atom. The zero-order valence-corrected chi connectivity index (χ0v) is 14.4. The van der Waals surface area contributed by atoms with Crippen LogP contribution in [0.25, 0.3) is 0 Å². The SMILES string of the molecule is CNCc1cc(S(=O)(=O)N2CCC(C)CC2)c(Br)s1. The quantitative estimate of drug-likeness (QED) is 0.890. The van der Waals surface area contributed by atoms with Crippen LogP contribution >= 0.6 is 27.3 Å². The van der Waals surface area contributed by atoms with Gasteiger partial charge in [0.2, 0.25) is 10.0 Å². The van der Waals surface area contributed by atoms with E-state index in [0.29, 0.717) is 34.2 Å². The Kier molecular flexibility index (Phi) is 5.05. The molecule has 0 amide bonds. The molecule has 0 aromatic carbocycles. The fourth-order valence-electron chi connectivity index (χ4n) is 2.20. The van der Waals surface area contributed by atoms with Gasteiger partial charge >= 0.3 is 0 Å². The lowest BCUT2D eigenvalue weighted by molar-refractivity contribution is 0.288. The number of nitrogens with one attached hydrogen (secondary N) is 1. The van der Waals surface area contributed by atoms with Crippen molar-refractivity contribution >= 4 is 37.3 Å². The summed E-state index contributed by atoms with van der Waals surface area (Å²) in [5.74, 6) is 0.622. The fraction of sp³-hybridized carbons (Fsp3) is 0.667. The molecule has 1 fully saturated rings. The minimum Gasteiger partial charge on any atom is -0.315 e. The van der Waals surface area contributed by atoms with Gasteiger partial charge in [-0.2, -0.15) is 4.31 Å². The Morgan fingerprint density at radius 3 is 2.68 bits per heavy atom. The highest BCUT2D eigenvalue weighted by Gasteiger charge is 2.30. The van der Waals surface area contributed by atoms with Crippen LogP contribution in [0, 0.1) is 5.92 Å². The van der Waals surface area contributed by atoms with Gasteiger partial charge in [0.15, 0.2) is 0 Å². The van der Waals surface area contributed by atoms with E-state index in [2.05, 4.69) is 28.2 Å². The van der Waals surface area contributed by atoms with Crippen molar-refractivity contribution in [3.8, 4) is 0 Å². The van der Waals surface area contributed by atoms with Crippen molar-refractivity contribution in [1.29, 1.82) is 0 Å². The fourth-order valence-corrected chi connectivity index (χ4v) is 6.31. The van der Waals surface area contributed by atoms with E-state index in [1.165, 1.54) is 11.3 Å². The molecule has 2 heterocycles. The van der Waals surface area contributed by atoms with Crippen LogP contribution in [0.1, 0.15) is 24.6 Å². The molecule has 1 saturated heterocycles. The van der Waals surface area contributed by atoms with Crippen molar-refractivity contribution < 1.29 is 8.42 Å². The molecular formula is C12H19BrN2O2S2. The second kappa shape index (κ2) is 6.22. The van der Waals surface area contributed by atoms with Gasteiger partial charge in [0, 0.05) is 24.5 Å². The lowest BCUT2D eigenvalue weighted by atomic mass is 10.0. The molecule has 1 aliphatic heterocycles. The first-order chi connectivity index (χ1) is 8.95. The van der Waals surface area contributed by atoms with Gasteiger partial charge in [0.1, 0.15) is 4.90 Å². The zero-order valence-electron chi connectivity index (χ0n) is 11.1. The van der Waals surface area contributed by atoms with Gasteiger partial charge in [0.05, 0.1) is 3.79 Å². The molecule has 0 aliphatic carbocycles. The normalized spacial score (nSPS) is 18.9. The third-order valence-corrected chi connectivity index (χ3v) is 7.57. The minimum absolute atomic E-state index is 0.414. The average molecular weight is 367 g/mol. The van der Waals surface area contributed by atoms with Crippen LogP contribution in [-0.4, -0.2) is 32.9 Å². The van der Waals surface area contributed by atoms with E-state index in [0.717, 1.165) is 17.7 Å². The number of hydrogen-bond acceptors (Lipinski definition) is 4. The number of hydrogen-bond donors (Lipinski definition) is 1. The highest BCUT2D eigenvalue weighted by molar-refractivity contribution is 9.11. The number of piperidine rings is 1. The van der Waals surface area contributed by atoms with E-state index in [-0.39, 0.29) is 0 Å². The van der Waals surface area contributed by atoms with Crippen molar-refractivity contribution in [1.82, 2.24) is 9.62 Å². The minimum atomic E-state index is -3.34. The maximum Gasteiger partial charge on any atom is 0.245 e. The zero-order chi connectivity index (χ0) is 14.0. The monoisotopic (exact) mass is 366 g/mol. The third-order valence-electron chi connectivity index (χ3n) is 3.42. The smallest absolute Gasteiger partial charge is 0.245 e. The molecule has 108 valence electrons. The maximum atomic E-state index is 12.6. The summed E-state index contributed by atoms with van der Waals surface area (Å²) in [6.07, 6.45) is 1.90. The Balaban J connectivity index is 2.24. The first kappa shape index (κ1) is 15.4. The molecule has 7 heteroatoms. The molecule has 1 N–H and O–H groups in total. The highest BCUT2D eigenvalue weighted by atomic mass is 79.9. The summed E-state index contributed by atoms with van der Waals surface area (Å²) in [6.45, 7) is 4.13. The summed E-state index contributed by atoms with van der Waals surface area (Å²) in [5, 5.41) is 3.04. The van der Waals surface area contributed by atoms with Gasteiger partial charge in [-0.15, -0.1) is 11.3 Å². The van der Waals surface area contributed by atoms with Crippen molar-refractivity contribution in [3.05, 3.63) is 14.7 Å². The molecule has 1 aromatic rings. The van der Waals surface area contributed by atoms with Crippen LogP contribution in [0.2, 0.25) is 0 Å². The molecule has 4 nitrogen and oxygen atoms in total. The molecule has 1 aliphatic rings.